The lowest BCUT2D eigenvalue weighted by molar-refractivity contribution is 0.414. The summed E-state index contributed by atoms with van der Waals surface area (Å²) in [5.74, 6) is 0.854. The molecule has 0 unspecified atom stereocenters. The molecule has 0 saturated heterocycles. The summed E-state index contributed by atoms with van der Waals surface area (Å²) >= 11 is 3.45. The van der Waals surface area contributed by atoms with Gasteiger partial charge >= 0.3 is 0 Å². The molecule has 0 radical (unpaired) electrons. The van der Waals surface area contributed by atoms with Crippen molar-refractivity contribution in [1.82, 2.24) is 0 Å². The number of hydrogen-bond donors (Lipinski definition) is 0. The van der Waals surface area contributed by atoms with Crippen LogP contribution in [0, 0.1) is 0 Å². The second-order valence-electron chi connectivity index (χ2n) is 2.48. The molecule has 0 aliphatic carbocycles. The van der Waals surface area contributed by atoms with Crippen molar-refractivity contribution >= 4 is 22.0 Å². The van der Waals surface area contributed by atoms with Crippen LogP contribution in [0.15, 0.2) is 41.4 Å². The average molecular weight is 239 g/mol. The average Bonchev–Trinajstić information content (AvgIpc) is 2.17. The van der Waals surface area contributed by atoms with Crippen LogP contribution in [-0.2, 0) is 0 Å². The molecule has 1 aromatic carbocycles. The van der Waals surface area contributed by atoms with E-state index < -0.39 is 0 Å². The normalized spacial score (nSPS) is 10.3. The number of methoxy groups -OCH3 is 1. The first-order valence-electron chi connectivity index (χ1n) is 3.90. The van der Waals surface area contributed by atoms with Crippen molar-refractivity contribution in [1.29, 1.82) is 0 Å². The van der Waals surface area contributed by atoms with Gasteiger partial charge in [-0.25, -0.2) is 0 Å². The molecular weight excluding hydrogens is 228 g/mol. The molecule has 1 rings (SSSR count). The maximum Gasteiger partial charge on any atom is 0.119 e. The Morgan fingerprint density at radius 3 is 2.85 bits per heavy atom. The van der Waals surface area contributed by atoms with Gasteiger partial charge in [0, 0.05) is 4.47 Å². The van der Waals surface area contributed by atoms with Crippen LogP contribution in [0.3, 0.4) is 0 Å². The van der Waals surface area contributed by atoms with Gasteiger partial charge in [0.1, 0.15) is 5.75 Å². The molecule has 2 heteroatoms. The van der Waals surface area contributed by atoms with E-state index in [9.17, 15) is 0 Å². The molecule has 1 aromatic rings. The van der Waals surface area contributed by atoms with E-state index in [-0.39, 0.29) is 0 Å². The highest BCUT2D eigenvalue weighted by Crippen LogP contribution is 2.23. The summed E-state index contributed by atoms with van der Waals surface area (Å²) in [6.45, 7) is 3.61. The van der Waals surface area contributed by atoms with E-state index in [0.717, 1.165) is 15.8 Å². The molecule has 1 nitrogen and oxygen atoms in total. The number of allylic oxidation sites excluding steroid dienone is 2. The minimum Gasteiger partial charge on any atom is -0.497 e. The van der Waals surface area contributed by atoms with Gasteiger partial charge in [-0.1, -0.05) is 40.7 Å². The fourth-order valence-corrected chi connectivity index (χ4v) is 1.33. The molecule has 0 saturated carbocycles. The molecule has 0 bridgehead atoms. The van der Waals surface area contributed by atoms with Gasteiger partial charge in [0.2, 0.25) is 0 Å². The molecule has 0 heterocycles. The molecule has 68 valence electrons. The third-order valence-electron chi connectivity index (χ3n) is 1.62. The molecule has 0 atom stereocenters. The maximum absolute atomic E-state index is 5.11. The Morgan fingerprint density at radius 2 is 2.23 bits per heavy atom. The number of benzene rings is 1. The van der Waals surface area contributed by atoms with Crippen molar-refractivity contribution in [3.63, 3.8) is 0 Å². The molecule has 13 heavy (non-hydrogen) atoms. The van der Waals surface area contributed by atoms with Crippen LogP contribution in [0.5, 0.6) is 5.75 Å². The molecule has 0 fully saturated rings. The molecule has 0 aromatic heterocycles. The Morgan fingerprint density at radius 1 is 1.46 bits per heavy atom. The van der Waals surface area contributed by atoms with E-state index in [2.05, 4.69) is 22.5 Å². The van der Waals surface area contributed by atoms with Gasteiger partial charge in [0.15, 0.2) is 0 Å². The summed E-state index contributed by atoms with van der Waals surface area (Å²) in [6, 6.07) is 5.83. The Hall–Kier alpha value is -1.02. The van der Waals surface area contributed by atoms with Gasteiger partial charge in [-0.3, -0.25) is 0 Å². The molecule has 0 aliphatic heterocycles. The lowest BCUT2D eigenvalue weighted by atomic mass is 10.2. The fraction of sp³-hybridized carbons (Fsp3) is 0.0909. The zero-order chi connectivity index (χ0) is 9.68. The maximum atomic E-state index is 5.11. The predicted octanol–water partition coefficient (Wildman–Crippen LogP) is 3.66. The molecular formula is C11H11BrO. The van der Waals surface area contributed by atoms with Crippen LogP contribution in [0.2, 0.25) is 0 Å². The molecule has 0 amide bonds. The van der Waals surface area contributed by atoms with E-state index in [1.165, 1.54) is 0 Å². The van der Waals surface area contributed by atoms with Crippen LogP contribution < -0.4 is 4.74 Å². The summed E-state index contributed by atoms with van der Waals surface area (Å²) in [5, 5.41) is 0. The topological polar surface area (TPSA) is 9.23 Å². The third kappa shape index (κ3) is 2.74. The van der Waals surface area contributed by atoms with Crippen LogP contribution in [0.4, 0.5) is 0 Å². The van der Waals surface area contributed by atoms with Gasteiger partial charge in [0.05, 0.1) is 7.11 Å². The van der Waals surface area contributed by atoms with E-state index in [4.69, 9.17) is 4.74 Å². The van der Waals surface area contributed by atoms with Gasteiger partial charge < -0.3 is 4.74 Å². The van der Waals surface area contributed by atoms with Crippen molar-refractivity contribution in [2.24, 2.45) is 0 Å². The predicted molar refractivity (Wildman–Crippen MR) is 59.9 cm³/mol. The van der Waals surface area contributed by atoms with E-state index in [1.807, 2.05) is 30.4 Å². The first-order valence-corrected chi connectivity index (χ1v) is 4.70. The van der Waals surface area contributed by atoms with E-state index in [0.29, 0.717) is 0 Å². The first kappa shape index (κ1) is 10.1. The van der Waals surface area contributed by atoms with Crippen LogP contribution in [0.25, 0.3) is 6.08 Å². The van der Waals surface area contributed by atoms with E-state index in [1.54, 1.807) is 13.2 Å². The Kier molecular flexibility index (Phi) is 3.77. The summed E-state index contributed by atoms with van der Waals surface area (Å²) in [5.41, 5.74) is 1.08. The largest absolute Gasteiger partial charge is 0.497 e. The van der Waals surface area contributed by atoms with Crippen LogP contribution in [-0.4, -0.2) is 7.11 Å². The van der Waals surface area contributed by atoms with Gasteiger partial charge in [-0.15, -0.1) is 0 Å². The van der Waals surface area contributed by atoms with Gasteiger partial charge in [0.25, 0.3) is 0 Å². The molecule has 0 spiro atoms. The fourth-order valence-electron chi connectivity index (χ4n) is 0.948. The minimum absolute atomic E-state index is 0.854. The van der Waals surface area contributed by atoms with Crippen molar-refractivity contribution in [3.8, 4) is 5.75 Å². The zero-order valence-corrected chi connectivity index (χ0v) is 9.04. The van der Waals surface area contributed by atoms with Gasteiger partial charge in [-0.2, -0.15) is 0 Å². The first-order chi connectivity index (χ1) is 6.27. The number of rotatable bonds is 3. The third-order valence-corrected chi connectivity index (χ3v) is 2.34. The van der Waals surface area contributed by atoms with Crippen LogP contribution >= 0.6 is 15.9 Å². The molecule has 0 aliphatic rings. The summed E-state index contributed by atoms with van der Waals surface area (Å²) in [7, 11) is 1.66. The van der Waals surface area contributed by atoms with Crippen LogP contribution in [0.1, 0.15) is 5.56 Å². The smallest absolute Gasteiger partial charge is 0.119 e. The van der Waals surface area contributed by atoms with E-state index >= 15 is 0 Å². The Balaban J connectivity index is 3.03. The lowest BCUT2D eigenvalue weighted by Crippen LogP contribution is -1.83. The highest BCUT2D eigenvalue weighted by Gasteiger charge is 1.97. The van der Waals surface area contributed by atoms with Crippen molar-refractivity contribution in [2.75, 3.05) is 7.11 Å². The number of hydrogen-bond acceptors (Lipinski definition) is 1. The standard InChI is InChI=1S/C11H11BrO/c1-3-4-5-9-8-10(13-2)6-7-11(9)12/h3-8H,1H2,2H3. The minimum atomic E-state index is 0.854. The summed E-state index contributed by atoms with van der Waals surface area (Å²) < 4.78 is 6.16. The number of halogens is 1. The highest BCUT2D eigenvalue weighted by atomic mass is 79.9. The second-order valence-corrected chi connectivity index (χ2v) is 3.34. The van der Waals surface area contributed by atoms with Crippen molar-refractivity contribution in [3.05, 3.63) is 47.0 Å². The van der Waals surface area contributed by atoms with Gasteiger partial charge in [-0.05, 0) is 23.8 Å². The summed E-state index contributed by atoms with van der Waals surface area (Å²) in [4.78, 5) is 0. The molecule has 0 N–H and O–H groups in total. The number of ether oxygens (including phenoxy) is 1. The van der Waals surface area contributed by atoms with Crippen molar-refractivity contribution < 1.29 is 4.74 Å². The quantitative estimate of drug-likeness (QED) is 0.731. The Labute approximate surface area is 86.9 Å². The summed E-state index contributed by atoms with van der Waals surface area (Å²) in [6.07, 6.45) is 5.60. The SMILES string of the molecule is C=CC=Cc1cc(OC)ccc1Br. The highest BCUT2D eigenvalue weighted by molar-refractivity contribution is 9.10. The Bertz CT molecular complexity index is 329. The second kappa shape index (κ2) is 4.87. The monoisotopic (exact) mass is 238 g/mol. The zero-order valence-electron chi connectivity index (χ0n) is 7.46. The lowest BCUT2D eigenvalue weighted by Gasteiger charge is -2.02. The van der Waals surface area contributed by atoms with Crippen molar-refractivity contribution in [2.45, 2.75) is 0 Å².